The van der Waals surface area contributed by atoms with E-state index in [2.05, 4.69) is 20.0 Å². The molecule has 1 N–H and O–H groups in total. The van der Waals surface area contributed by atoms with Gasteiger partial charge in [-0.05, 0) is 20.8 Å². The molecule has 0 radical (unpaired) electrons. The molecule has 0 saturated carbocycles. The van der Waals surface area contributed by atoms with Gasteiger partial charge in [0.15, 0.2) is 0 Å². The van der Waals surface area contributed by atoms with Gasteiger partial charge in [-0.1, -0.05) is 0 Å². The van der Waals surface area contributed by atoms with Gasteiger partial charge in [-0.2, -0.15) is 0 Å². The molecule has 0 amide bonds. The highest BCUT2D eigenvalue weighted by Crippen LogP contribution is 2.21. The summed E-state index contributed by atoms with van der Waals surface area (Å²) in [6, 6.07) is -0.0690. The molecule has 0 aliphatic rings. The molecule has 1 unspecified atom stereocenters. The summed E-state index contributed by atoms with van der Waals surface area (Å²) in [4.78, 5) is 19.3. The Balaban J connectivity index is 2.72. The molecular weight excluding hydrogens is 234 g/mol. The van der Waals surface area contributed by atoms with E-state index in [1.807, 2.05) is 20.8 Å². The van der Waals surface area contributed by atoms with E-state index in [-0.39, 0.29) is 18.4 Å². The number of nitrogens with zero attached hydrogens (tertiary/aromatic N) is 2. The van der Waals surface area contributed by atoms with E-state index < -0.39 is 0 Å². The smallest absolute Gasteiger partial charge is 0.307 e. The molecule has 6 heteroatoms. The van der Waals surface area contributed by atoms with Crippen LogP contribution in [0.1, 0.15) is 25.8 Å². The van der Waals surface area contributed by atoms with E-state index in [1.54, 1.807) is 0 Å². The Hall–Kier alpha value is -1.85. The lowest BCUT2D eigenvalue weighted by atomic mass is 10.2. The molecule has 1 atom stereocenters. The molecule has 0 aliphatic carbocycles. The van der Waals surface area contributed by atoms with Gasteiger partial charge in [0.1, 0.15) is 12.1 Å². The third-order valence-electron chi connectivity index (χ3n) is 2.40. The van der Waals surface area contributed by atoms with Crippen LogP contribution in [0, 0.1) is 6.92 Å². The van der Waals surface area contributed by atoms with Crippen molar-refractivity contribution in [3.8, 4) is 5.88 Å². The number of esters is 1. The minimum absolute atomic E-state index is 0.0690. The van der Waals surface area contributed by atoms with Crippen molar-refractivity contribution in [3.63, 3.8) is 0 Å². The lowest BCUT2D eigenvalue weighted by Crippen LogP contribution is -2.21. The summed E-state index contributed by atoms with van der Waals surface area (Å²) in [6.07, 6.45) is 1.72. The van der Waals surface area contributed by atoms with Gasteiger partial charge in [0.05, 0.1) is 25.7 Å². The van der Waals surface area contributed by atoms with Gasteiger partial charge in [0, 0.05) is 6.04 Å². The van der Waals surface area contributed by atoms with Crippen LogP contribution in [0.15, 0.2) is 6.33 Å². The molecule has 0 fully saturated rings. The summed E-state index contributed by atoms with van der Waals surface area (Å²) in [7, 11) is 1.37. The zero-order chi connectivity index (χ0) is 13.5. The maximum Gasteiger partial charge on any atom is 0.307 e. The second kappa shape index (κ2) is 6.78. The van der Waals surface area contributed by atoms with Gasteiger partial charge in [-0.25, -0.2) is 9.97 Å². The normalized spacial score (nSPS) is 11.8. The molecule has 0 bridgehead atoms. The first-order valence-electron chi connectivity index (χ1n) is 5.86. The van der Waals surface area contributed by atoms with Crippen LogP contribution in [0.5, 0.6) is 5.88 Å². The van der Waals surface area contributed by atoms with Crippen molar-refractivity contribution in [2.24, 2.45) is 0 Å². The van der Waals surface area contributed by atoms with E-state index >= 15 is 0 Å². The second-order valence-corrected chi connectivity index (χ2v) is 3.91. The first-order chi connectivity index (χ1) is 8.58. The minimum atomic E-state index is -0.258. The fourth-order valence-corrected chi connectivity index (χ4v) is 1.48. The number of hydrogen-bond acceptors (Lipinski definition) is 6. The number of carbonyl (C=O) groups excluding carboxylic acids is 1. The number of anilines is 1. The van der Waals surface area contributed by atoms with Crippen molar-refractivity contribution < 1.29 is 14.3 Å². The molecule has 0 aromatic carbocycles. The number of carbonyl (C=O) groups is 1. The van der Waals surface area contributed by atoms with Crippen LogP contribution in [-0.2, 0) is 9.53 Å². The zero-order valence-electron chi connectivity index (χ0n) is 11.2. The van der Waals surface area contributed by atoms with Crippen LogP contribution < -0.4 is 10.1 Å². The quantitative estimate of drug-likeness (QED) is 0.775. The van der Waals surface area contributed by atoms with E-state index in [0.29, 0.717) is 18.3 Å². The average molecular weight is 253 g/mol. The van der Waals surface area contributed by atoms with Gasteiger partial charge in [-0.3, -0.25) is 4.79 Å². The molecule has 0 spiro atoms. The van der Waals surface area contributed by atoms with Crippen molar-refractivity contribution >= 4 is 11.8 Å². The Labute approximate surface area is 107 Å². The van der Waals surface area contributed by atoms with Gasteiger partial charge >= 0.3 is 5.97 Å². The summed E-state index contributed by atoms with van der Waals surface area (Å²) in [6.45, 7) is 6.21. The SMILES string of the molecule is CCOc1ncnc(NC(C)CC(=O)OC)c1C. The first kappa shape index (κ1) is 14.2. The number of methoxy groups -OCH3 is 1. The van der Waals surface area contributed by atoms with Gasteiger partial charge in [-0.15, -0.1) is 0 Å². The average Bonchev–Trinajstić information content (AvgIpc) is 2.34. The Bertz CT molecular complexity index is 410. The number of ether oxygens (including phenoxy) is 2. The number of rotatable bonds is 6. The molecule has 1 heterocycles. The molecule has 0 aliphatic heterocycles. The highest BCUT2D eigenvalue weighted by atomic mass is 16.5. The number of hydrogen-bond donors (Lipinski definition) is 1. The van der Waals surface area contributed by atoms with E-state index in [0.717, 1.165) is 5.56 Å². The zero-order valence-corrected chi connectivity index (χ0v) is 11.2. The molecule has 1 aromatic rings. The third-order valence-corrected chi connectivity index (χ3v) is 2.40. The first-order valence-corrected chi connectivity index (χ1v) is 5.86. The molecule has 0 saturated heterocycles. The van der Waals surface area contributed by atoms with Crippen molar-refractivity contribution in [2.75, 3.05) is 19.0 Å². The second-order valence-electron chi connectivity index (χ2n) is 3.91. The number of aromatic nitrogens is 2. The highest BCUT2D eigenvalue weighted by Gasteiger charge is 2.13. The lowest BCUT2D eigenvalue weighted by Gasteiger charge is -2.16. The van der Waals surface area contributed by atoms with E-state index in [9.17, 15) is 4.79 Å². The van der Waals surface area contributed by atoms with Crippen LogP contribution in [-0.4, -0.2) is 35.7 Å². The molecule has 6 nitrogen and oxygen atoms in total. The maximum absolute atomic E-state index is 11.1. The van der Waals surface area contributed by atoms with Gasteiger partial charge < -0.3 is 14.8 Å². The Kier molecular flexibility index (Phi) is 5.35. The lowest BCUT2D eigenvalue weighted by molar-refractivity contribution is -0.140. The molecule has 1 rings (SSSR count). The van der Waals surface area contributed by atoms with Crippen molar-refractivity contribution in [1.82, 2.24) is 9.97 Å². The van der Waals surface area contributed by atoms with Crippen LogP contribution in [0.3, 0.4) is 0 Å². The molecule has 100 valence electrons. The Morgan fingerprint density at radius 2 is 2.22 bits per heavy atom. The maximum atomic E-state index is 11.1. The van der Waals surface area contributed by atoms with Crippen LogP contribution in [0.4, 0.5) is 5.82 Å². The predicted molar refractivity (Wildman–Crippen MR) is 67.7 cm³/mol. The Morgan fingerprint density at radius 1 is 1.50 bits per heavy atom. The predicted octanol–water partition coefficient (Wildman–Crippen LogP) is 1.55. The van der Waals surface area contributed by atoms with Crippen LogP contribution in [0.2, 0.25) is 0 Å². The minimum Gasteiger partial charge on any atom is -0.478 e. The van der Waals surface area contributed by atoms with Gasteiger partial charge in [0.25, 0.3) is 0 Å². The van der Waals surface area contributed by atoms with Gasteiger partial charge in [0.2, 0.25) is 5.88 Å². The van der Waals surface area contributed by atoms with Crippen molar-refractivity contribution in [3.05, 3.63) is 11.9 Å². The fourth-order valence-electron chi connectivity index (χ4n) is 1.48. The van der Waals surface area contributed by atoms with E-state index in [1.165, 1.54) is 13.4 Å². The third kappa shape index (κ3) is 3.87. The summed E-state index contributed by atoms with van der Waals surface area (Å²) in [5.74, 6) is 0.969. The molecular formula is C12H19N3O3. The summed E-state index contributed by atoms with van der Waals surface area (Å²) in [5, 5.41) is 3.14. The Morgan fingerprint density at radius 3 is 2.83 bits per heavy atom. The van der Waals surface area contributed by atoms with Crippen molar-refractivity contribution in [2.45, 2.75) is 33.2 Å². The topological polar surface area (TPSA) is 73.3 Å². The largest absolute Gasteiger partial charge is 0.478 e. The highest BCUT2D eigenvalue weighted by molar-refractivity contribution is 5.70. The summed E-state index contributed by atoms with van der Waals surface area (Å²) >= 11 is 0. The van der Waals surface area contributed by atoms with Crippen molar-refractivity contribution in [1.29, 1.82) is 0 Å². The van der Waals surface area contributed by atoms with Crippen LogP contribution in [0.25, 0.3) is 0 Å². The molecule has 18 heavy (non-hydrogen) atoms. The standard InChI is InChI=1S/C12H19N3O3/c1-5-18-12-9(3)11(13-7-14-12)15-8(2)6-10(16)17-4/h7-8H,5-6H2,1-4H3,(H,13,14,15). The van der Waals surface area contributed by atoms with Crippen LogP contribution >= 0.6 is 0 Å². The monoisotopic (exact) mass is 253 g/mol. The van der Waals surface area contributed by atoms with E-state index in [4.69, 9.17) is 4.74 Å². The number of nitrogens with one attached hydrogen (secondary N) is 1. The summed E-state index contributed by atoms with van der Waals surface area (Å²) in [5.41, 5.74) is 0.830. The molecule has 1 aromatic heterocycles. The fraction of sp³-hybridized carbons (Fsp3) is 0.583. The summed E-state index contributed by atoms with van der Waals surface area (Å²) < 4.78 is 9.99.